The van der Waals surface area contributed by atoms with Crippen LogP contribution in [0.3, 0.4) is 0 Å². The number of rotatable bonds is 8. The second-order valence-corrected chi connectivity index (χ2v) is 5.27. The van der Waals surface area contributed by atoms with E-state index in [4.69, 9.17) is 23.2 Å². The Hall–Kier alpha value is 0.830. The van der Waals surface area contributed by atoms with Crippen molar-refractivity contribution in [1.29, 1.82) is 0 Å². The zero-order valence-corrected chi connectivity index (χ0v) is 12.3. The van der Waals surface area contributed by atoms with Crippen molar-refractivity contribution in [3.8, 4) is 0 Å². The molecule has 1 fully saturated rings. The van der Waals surface area contributed by atoms with Crippen LogP contribution in [0.15, 0.2) is 0 Å². The number of alkyl halides is 2. The molecule has 0 atom stereocenters. The molecular weight excluding hydrogens is 264 g/mol. The lowest BCUT2D eigenvalue weighted by atomic mass is 10.0. The van der Waals surface area contributed by atoms with Gasteiger partial charge in [-0.3, -0.25) is 0 Å². The van der Waals surface area contributed by atoms with Crippen LogP contribution in [0.5, 0.6) is 0 Å². The van der Waals surface area contributed by atoms with Gasteiger partial charge in [-0.25, -0.2) is 0 Å². The highest BCUT2D eigenvalue weighted by Crippen LogP contribution is 2.28. The molecule has 0 amide bonds. The van der Waals surface area contributed by atoms with Gasteiger partial charge in [0.2, 0.25) is 0 Å². The summed E-state index contributed by atoms with van der Waals surface area (Å²) in [6, 6.07) is 0. The first-order valence-corrected chi connectivity index (χ1v) is 7.28. The summed E-state index contributed by atoms with van der Waals surface area (Å²) in [7, 11) is 0. The summed E-state index contributed by atoms with van der Waals surface area (Å²) in [4.78, 5) is 2.38. The minimum atomic E-state index is 0. The minimum Gasteiger partial charge on any atom is -0.301 e. The summed E-state index contributed by atoms with van der Waals surface area (Å²) in [5, 5.41) is 0. The standard InChI is InChI=1S/C12H23Cl2N.ClH/c13-7-10-15(11-8-14)9-3-6-12-4-1-2-5-12;/h12H,1-11H2;1H. The highest BCUT2D eigenvalue weighted by Gasteiger charge is 2.14. The van der Waals surface area contributed by atoms with Crippen LogP contribution in [-0.4, -0.2) is 36.3 Å². The molecule has 16 heavy (non-hydrogen) atoms. The van der Waals surface area contributed by atoms with Gasteiger partial charge in [-0.2, -0.15) is 0 Å². The largest absolute Gasteiger partial charge is 0.301 e. The van der Waals surface area contributed by atoms with Crippen molar-refractivity contribution in [2.75, 3.05) is 31.4 Å². The van der Waals surface area contributed by atoms with Crippen LogP contribution in [0.2, 0.25) is 0 Å². The van der Waals surface area contributed by atoms with Gasteiger partial charge in [0.05, 0.1) is 0 Å². The van der Waals surface area contributed by atoms with Crippen LogP contribution >= 0.6 is 35.6 Å². The number of hydrogen-bond acceptors (Lipinski definition) is 1. The molecule has 0 radical (unpaired) electrons. The topological polar surface area (TPSA) is 3.24 Å². The molecule has 0 spiro atoms. The molecule has 0 bridgehead atoms. The second kappa shape index (κ2) is 11.0. The van der Waals surface area contributed by atoms with Crippen molar-refractivity contribution in [3.63, 3.8) is 0 Å². The Morgan fingerprint density at radius 1 is 0.938 bits per heavy atom. The van der Waals surface area contributed by atoms with Gasteiger partial charge in [0, 0.05) is 24.8 Å². The summed E-state index contributed by atoms with van der Waals surface area (Å²) in [5.41, 5.74) is 0. The normalized spacial score (nSPS) is 16.7. The average Bonchev–Trinajstić information content (AvgIpc) is 2.71. The molecule has 1 rings (SSSR count). The fraction of sp³-hybridized carbons (Fsp3) is 1.00. The Bertz CT molecular complexity index is 143. The monoisotopic (exact) mass is 287 g/mol. The van der Waals surface area contributed by atoms with Crippen molar-refractivity contribution < 1.29 is 0 Å². The van der Waals surface area contributed by atoms with Crippen molar-refractivity contribution in [1.82, 2.24) is 4.90 Å². The SMILES string of the molecule is Cl.ClCCN(CCCl)CCCC1CCCC1. The summed E-state index contributed by atoms with van der Waals surface area (Å²) in [6.07, 6.45) is 8.56. The van der Waals surface area contributed by atoms with Gasteiger partial charge in [0.25, 0.3) is 0 Å². The van der Waals surface area contributed by atoms with Crippen molar-refractivity contribution in [3.05, 3.63) is 0 Å². The molecule has 0 N–H and O–H groups in total. The zero-order valence-electron chi connectivity index (χ0n) is 9.97. The lowest BCUT2D eigenvalue weighted by Gasteiger charge is -2.20. The number of halogens is 3. The van der Waals surface area contributed by atoms with Crippen LogP contribution in [0.4, 0.5) is 0 Å². The summed E-state index contributed by atoms with van der Waals surface area (Å²) >= 11 is 11.5. The van der Waals surface area contributed by atoms with Crippen LogP contribution < -0.4 is 0 Å². The summed E-state index contributed by atoms with van der Waals surface area (Å²) < 4.78 is 0. The molecule has 4 heteroatoms. The summed E-state index contributed by atoms with van der Waals surface area (Å²) in [5.74, 6) is 2.46. The van der Waals surface area contributed by atoms with Crippen molar-refractivity contribution >= 4 is 35.6 Å². The number of hydrogen-bond donors (Lipinski definition) is 0. The van der Waals surface area contributed by atoms with E-state index in [1.165, 1.54) is 45.1 Å². The number of nitrogens with zero attached hydrogens (tertiary/aromatic N) is 1. The molecule has 0 aromatic carbocycles. The molecule has 0 aliphatic heterocycles. The maximum atomic E-state index is 5.75. The quantitative estimate of drug-likeness (QED) is 0.606. The molecular formula is C12H24Cl3N. The van der Waals surface area contributed by atoms with E-state index in [0.29, 0.717) is 0 Å². The molecule has 1 nitrogen and oxygen atoms in total. The predicted molar refractivity (Wildman–Crippen MR) is 76.3 cm³/mol. The molecule has 0 unspecified atom stereocenters. The lowest BCUT2D eigenvalue weighted by Crippen LogP contribution is -2.29. The Morgan fingerprint density at radius 2 is 1.50 bits per heavy atom. The molecule has 0 heterocycles. The molecule has 98 valence electrons. The van der Waals surface area contributed by atoms with E-state index in [-0.39, 0.29) is 12.4 Å². The average molecular weight is 289 g/mol. The van der Waals surface area contributed by atoms with Crippen LogP contribution in [0.25, 0.3) is 0 Å². The van der Waals surface area contributed by atoms with Crippen molar-refractivity contribution in [2.24, 2.45) is 5.92 Å². The van der Waals surface area contributed by atoms with Gasteiger partial charge < -0.3 is 4.90 Å². The molecule has 0 aromatic heterocycles. The third-order valence-electron chi connectivity index (χ3n) is 3.36. The Kier molecular flexibility index (Phi) is 11.5. The molecule has 1 aliphatic rings. The fourth-order valence-electron chi connectivity index (χ4n) is 2.48. The van der Waals surface area contributed by atoms with Crippen LogP contribution in [0, 0.1) is 5.92 Å². The third kappa shape index (κ3) is 7.21. The van der Waals surface area contributed by atoms with Gasteiger partial charge in [-0.05, 0) is 25.3 Å². The summed E-state index contributed by atoms with van der Waals surface area (Å²) in [6.45, 7) is 3.15. The van der Waals surface area contributed by atoms with Crippen LogP contribution in [-0.2, 0) is 0 Å². The predicted octanol–water partition coefficient (Wildman–Crippen LogP) is 4.16. The molecule has 0 saturated heterocycles. The van der Waals surface area contributed by atoms with Gasteiger partial charge in [0.15, 0.2) is 0 Å². The van der Waals surface area contributed by atoms with Gasteiger partial charge in [-0.15, -0.1) is 35.6 Å². The van der Waals surface area contributed by atoms with E-state index in [1.54, 1.807) is 0 Å². The van der Waals surface area contributed by atoms with E-state index in [0.717, 1.165) is 30.8 Å². The third-order valence-corrected chi connectivity index (χ3v) is 3.70. The molecule has 1 aliphatic carbocycles. The van der Waals surface area contributed by atoms with Gasteiger partial charge >= 0.3 is 0 Å². The van der Waals surface area contributed by atoms with E-state index in [1.807, 2.05) is 0 Å². The first-order valence-electron chi connectivity index (χ1n) is 6.21. The minimum absolute atomic E-state index is 0. The Balaban J connectivity index is 0.00000225. The second-order valence-electron chi connectivity index (χ2n) is 4.51. The van der Waals surface area contributed by atoms with Gasteiger partial charge in [-0.1, -0.05) is 25.7 Å². The first kappa shape index (κ1) is 16.8. The van der Waals surface area contributed by atoms with E-state index < -0.39 is 0 Å². The molecule has 0 aromatic rings. The Morgan fingerprint density at radius 3 is 2.00 bits per heavy atom. The molecule has 1 saturated carbocycles. The zero-order chi connectivity index (χ0) is 10.9. The van der Waals surface area contributed by atoms with E-state index in [9.17, 15) is 0 Å². The van der Waals surface area contributed by atoms with Crippen molar-refractivity contribution in [2.45, 2.75) is 38.5 Å². The first-order chi connectivity index (χ1) is 7.36. The smallest absolute Gasteiger partial charge is 0.0351 e. The Labute approximate surface area is 116 Å². The van der Waals surface area contributed by atoms with Crippen LogP contribution in [0.1, 0.15) is 38.5 Å². The van der Waals surface area contributed by atoms with E-state index >= 15 is 0 Å². The lowest BCUT2D eigenvalue weighted by molar-refractivity contribution is 0.289. The maximum Gasteiger partial charge on any atom is 0.0351 e. The van der Waals surface area contributed by atoms with E-state index in [2.05, 4.69) is 4.90 Å². The highest BCUT2D eigenvalue weighted by atomic mass is 35.5. The maximum absolute atomic E-state index is 5.75. The van der Waals surface area contributed by atoms with Gasteiger partial charge in [0.1, 0.15) is 0 Å². The fourth-order valence-corrected chi connectivity index (χ4v) is 2.96. The highest BCUT2D eigenvalue weighted by molar-refractivity contribution is 6.18.